The minimum Gasteiger partial charge on any atom is -0.279 e. The van der Waals surface area contributed by atoms with Crippen LogP contribution in [0.1, 0.15) is 27.7 Å². The predicted octanol–water partition coefficient (Wildman–Crippen LogP) is 6.30. The minimum atomic E-state index is -0.307. The number of rotatable bonds is 6. The number of halogens is 2. The van der Waals surface area contributed by atoms with Crippen LogP contribution in [0.5, 0.6) is 0 Å². The Bertz CT molecular complexity index is 698. The van der Waals surface area contributed by atoms with E-state index in [-0.39, 0.29) is 5.41 Å². The van der Waals surface area contributed by atoms with E-state index in [1.54, 1.807) is 0 Å². The first kappa shape index (κ1) is 19.3. The van der Waals surface area contributed by atoms with Crippen LogP contribution < -0.4 is 10.9 Å². The van der Waals surface area contributed by atoms with E-state index in [2.05, 4.69) is 34.9 Å². The van der Waals surface area contributed by atoms with Crippen LogP contribution in [0.2, 0.25) is 10.0 Å². The SMILES string of the molecule is C/C(=N\Nc1ccc(Cl)cc1)C(C)(C)/C(C)=N/Nc1ccc(Cl)cc1. The van der Waals surface area contributed by atoms with Gasteiger partial charge in [0, 0.05) is 26.9 Å². The van der Waals surface area contributed by atoms with Gasteiger partial charge in [-0.2, -0.15) is 10.2 Å². The van der Waals surface area contributed by atoms with E-state index in [4.69, 9.17) is 23.2 Å². The van der Waals surface area contributed by atoms with Crippen molar-refractivity contribution in [2.45, 2.75) is 27.7 Å². The molecule has 2 aromatic carbocycles. The van der Waals surface area contributed by atoms with E-state index in [0.29, 0.717) is 10.0 Å². The maximum Gasteiger partial charge on any atom is 0.0562 e. The number of hydrogen-bond donors (Lipinski definition) is 2. The molecule has 0 unspecified atom stereocenters. The first-order chi connectivity index (χ1) is 11.8. The van der Waals surface area contributed by atoms with Crippen LogP contribution in [0, 0.1) is 5.41 Å². The molecule has 0 aliphatic heterocycles. The summed E-state index contributed by atoms with van der Waals surface area (Å²) in [7, 11) is 0. The monoisotopic (exact) mass is 376 g/mol. The summed E-state index contributed by atoms with van der Waals surface area (Å²) in [5.74, 6) is 0. The van der Waals surface area contributed by atoms with Crippen LogP contribution in [-0.2, 0) is 0 Å². The fourth-order valence-corrected chi connectivity index (χ4v) is 2.14. The first-order valence-corrected chi connectivity index (χ1v) is 8.67. The number of anilines is 2. The lowest BCUT2D eigenvalue weighted by atomic mass is 9.84. The molecule has 0 bridgehead atoms. The van der Waals surface area contributed by atoms with Gasteiger partial charge in [-0.3, -0.25) is 10.9 Å². The minimum absolute atomic E-state index is 0.307. The summed E-state index contributed by atoms with van der Waals surface area (Å²) in [4.78, 5) is 0. The highest BCUT2D eigenvalue weighted by molar-refractivity contribution is 6.30. The van der Waals surface area contributed by atoms with Gasteiger partial charge in [-0.05, 0) is 76.2 Å². The molecule has 0 radical (unpaired) electrons. The molecule has 0 aliphatic rings. The second kappa shape index (κ2) is 8.37. The molecule has 0 fully saturated rings. The number of benzene rings is 2. The second-order valence-electron chi connectivity index (χ2n) is 6.26. The van der Waals surface area contributed by atoms with E-state index in [1.165, 1.54) is 0 Å². The van der Waals surface area contributed by atoms with Gasteiger partial charge in [-0.1, -0.05) is 23.2 Å². The summed E-state index contributed by atoms with van der Waals surface area (Å²) in [6.07, 6.45) is 0. The van der Waals surface area contributed by atoms with Gasteiger partial charge in [0.05, 0.1) is 11.4 Å². The Morgan fingerprint density at radius 2 is 1.04 bits per heavy atom. The third kappa shape index (κ3) is 5.48. The third-order valence-corrected chi connectivity index (χ3v) is 4.71. The molecular formula is C19H22Cl2N4. The van der Waals surface area contributed by atoms with Crippen LogP contribution in [0.3, 0.4) is 0 Å². The lowest BCUT2D eigenvalue weighted by Gasteiger charge is -2.24. The lowest BCUT2D eigenvalue weighted by molar-refractivity contribution is 0.714. The van der Waals surface area contributed by atoms with Gasteiger partial charge in [0.25, 0.3) is 0 Å². The molecule has 132 valence electrons. The smallest absolute Gasteiger partial charge is 0.0562 e. The Balaban J connectivity index is 2.06. The van der Waals surface area contributed by atoms with Crippen molar-refractivity contribution in [1.29, 1.82) is 0 Å². The van der Waals surface area contributed by atoms with Gasteiger partial charge in [0.2, 0.25) is 0 Å². The van der Waals surface area contributed by atoms with Crippen LogP contribution in [-0.4, -0.2) is 11.4 Å². The molecule has 0 saturated heterocycles. The van der Waals surface area contributed by atoms with Crippen molar-refractivity contribution in [3.8, 4) is 0 Å². The lowest BCUT2D eigenvalue weighted by Crippen LogP contribution is -2.31. The van der Waals surface area contributed by atoms with Crippen molar-refractivity contribution in [1.82, 2.24) is 0 Å². The number of hydrogen-bond acceptors (Lipinski definition) is 4. The van der Waals surface area contributed by atoms with Crippen LogP contribution in [0.15, 0.2) is 58.7 Å². The Morgan fingerprint density at radius 3 is 1.36 bits per heavy atom. The van der Waals surface area contributed by atoms with Crippen LogP contribution >= 0.6 is 23.2 Å². The summed E-state index contributed by atoms with van der Waals surface area (Å²) in [5, 5.41) is 10.4. The Morgan fingerprint density at radius 1 is 0.720 bits per heavy atom. The van der Waals surface area contributed by atoms with E-state index in [9.17, 15) is 0 Å². The number of nitrogens with zero attached hydrogens (tertiary/aromatic N) is 2. The van der Waals surface area contributed by atoms with Gasteiger partial charge in [-0.25, -0.2) is 0 Å². The van der Waals surface area contributed by atoms with Crippen molar-refractivity contribution in [3.05, 3.63) is 58.6 Å². The second-order valence-corrected chi connectivity index (χ2v) is 7.13. The number of hydrazone groups is 2. The predicted molar refractivity (Wildman–Crippen MR) is 110 cm³/mol. The van der Waals surface area contributed by atoms with Crippen molar-refractivity contribution in [2.75, 3.05) is 10.9 Å². The highest BCUT2D eigenvalue weighted by atomic mass is 35.5. The molecule has 2 aromatic rings. The maximum atomic E-state index is 5.89. The van der Waals surface area contributed by atoms with Gasteiger partial charge in [0.15, 0.2) is 0 Å². The van der Waals surface area contributed by atoms with Crippen molar-refractivity contribution in [3.63, 3.8) is 0 Å². The number of nitrogens with one attached hydrogen (secondary N) is 2. The van der Waals surface area contributed by atoms with E-state index >= 15 is 0 Å². The summed E-state index contributed by atoms with van der Waals surface area (Å²) in [5.41, 5.74) is 9.40. The molecule has 6 heteroatoms. The van der Waals surface area contributed by atoms with Crippen LogP contribution in [0.4, 0.5) is 11.4 Å². The highest BCUT2D eigenvalue weighted by Crippen LogP contribution is 2.22. The largest absolute Gasteiger partial charge is 0.279 e. The topological polar surface area (TPSA) is 48.8 Å². The standard InChI is InChI=1S/C19H22Cl2N4/c1-13(22-24-17-9-5-15(20)6-10-17)19(3,4)14(2)23-25-18-11-7-16(21)8-12-18/h5-12,24-25H,1-4H3/b22-13+,23-14+. The van der Waals surface area contributed by atoms with Gasteiger partial charge >= 0.3 is 0 Å². The molecular weight excluding hydrogens is 355 g/mol. The van der Waals surface area contributed by atoms with Gasteiger partial charge < -0.3 is 0 Å². The van der Waals surface area contributed by atoms with Crippen molar-refractivity contribution in [2.24, 2.45) is 15.6 Å². The zero-order valence-corrected chi connectivity index (χ0v) is 16.3. The van der Waals surface area contributed by atoms with Crippen molar-refractivity contribution < 1.29 is 0 Å². The molecule has 0 aliphatic carbocycles. The molecule has 25 heavy (non-hydrogen) atoms. The summed E-state index contributed by atoms with van der Waals surface area (Å²) < 4.78 is 0. The zero-order valence-electron chi connectivity index (χ0n) is 14.8. The Labute approximate surface area is 158 Å². The van der Waals surface area contributed by atoms with E-state index < -0.39 is 0 Å². The summed E-state index contributed by atoms with van der Waals surface area (Å²) in [6, 6.07) is 14.8. The molecule has 0 amide bonds. The average Bonchev–Trinajstić information content (AvgIpc) is 2.60. The third-order valence-electron chi connectivity index (χ3n) is 4.20. The van der Waals surface area contributed by atoms with Crippen molar-refractivity contribution >= 4 is 46.0 Å². The molecule has 0 aromatic heterocycles. The molecule has 0 atom stereocenters. The average molecular weight is 377 g/mol. The zero-order chi connectivity index (χ0) is 18.4. The Kier molecular flexibility index (Phi) is 6.45. The normalized spacial score (nSPS) is 12.9. The van der Waals surface area contributed by atoms with E-state index in [0.717, 1.165) is 22.8 Å². The summed E-state index contributed by atoms with van der Waals surface area (Å²) >= 11 is 11.8. The fraction of sp³-hybridized carbons (Fsp3) is 0.263. The Hall–Kier alpha value is -2.04. The maximum absolute atomic E-state index is 5.89. The molecule has 4 nitrogen and oxygen atoms in total. The first-order valence-electron chi connectivity index (χ1n) is 7.92. The molecule has 2 N–H and O–H groups in total. The quantitative estimate of drug-likeness (QED) is 0.459. The van der Waals surface area contributed by atoms with Gasteiger partial charge in [-0.15, -0.1) is 0 Å². The van der Waals surface area contributed by atoms with Gasteiger partial charge in [0.1, 0.15) is 0 Å². The fourth-order valence-electron chi connectivity index (χ4n) is 1.89. The molecule has 2 rings (SSSR count). The van der Waals surface area contributed by atoms with Crippen LogP contribution in [0.25, 0.3) is 0 Å². The van der Waals surface area contributed by atoms with E-state index in [1.807, 2.05) is 62.4 Å². The molecule has 0 saturated carbocycles. The molecule has 0 heterocycles. The highest BCUT2D eigenvalue weighted by Gasteiger charge is 2.26. The molecule has 0 spiro atoms. The summed E-state index contributed by atoms with van der Waals surface area (Å²) in [6.45, 7) is 8.12.